The molecule has 0 spiro atoms. The minimum Gasteiger partial charge on any atom is -0.464 e. The van der Waals surface area contributed by atoms with E-state index in [4.69, 9.17) is 0 Å². The minimum absolute atomic E-state index is 0.121. The number of likely N-dealkylation sites (N-methyl/N-ethyl adjacent to an activating group) is 1. The van der Waals surface area contributed by atoms with Gasteiger partial charge in [0.05, 0.1) is 12.8 Å². The van der Waals surface area contributed by atoms with Gasteiger partial charge in [0.15, 0.2) is 11.4 Å². The van der Waals surface area contributed by atoms with Crippen LogP contribution >= 0.6 is 11.3 Å². The Morgan fingerprint density at radius 3 is 2.46 bits per heavy atom. The van der Waals surface area contributed by atoms with Crippen molar-refractivity contribution >= 4 is 34.6 Å². The smallest absolute Gasteiger partial charge is 0.353 e. The molecule has 1 aliphatic heterocycles. The van der Waals surface area contributed by atoms with Crippen LogP contribution in [0.15, 0.2) is 29.9 Å². The number of anilines is 1. The number of hydrogen-bond donors (Lipinski definition) is 2. The molecular formula is C19H28N4O4S. The number of carbonyl (C=O) groups excluding carboxylic acids is 3. The Bertz CT molecular complexity index is 683. The molecule has 1 saturated heterocycles. The summed E-state index contributed by atoms with van der Waals surface area (Å²) in [7, 11) is 2.75. The van der Waals surface area contributed by atoms with E-state index in [2.05, 4.69) is 45.3 Å². The summed E-state index contributed by atoms with van der Waals surface area (Å²) in [6.07, 6.45) is 4.61. The zero-order chi connectivity index (χ0) is 21.1. The van der Waals surface area contributed by atoms with E-state index in [1.165, 1.54) is 26.4 Å². The number of nitrogens with one attached hydrogen (secondary N) is 2. The second kappa shape index (κ2) is 11.9. The van der Waals surface area contributed by atoms with Gasteiger partial charge in [-0.15, -0.1) is 11.3 Å². The molecule has 1 aromatic rings. The van der Waals surface area contributed by atoms with Crippen molar-refractivity contribution in [2.45, 2.75) is 26.2 Å². The summed E-state index contributed by atoms with van der Waals surface area (Å²) in [5.41, 5.74) is 0.585. The van der Waals surface area contributed by atoms with E-state index in [1.807, 2.05) is 5.38 Å². The maximum atomic E-state index is 11.1. The fraction of sp³-hybridized carbons (Fsp3) is 0.474. The van der Waals surface area contributed by atoms with Crippen LogP contribution in [0.25, 0.3) is 0 Å². The summed E-state index contributed by atoms with van der Waals surface area (Å²) in [6.45, 7) is 11.1. The predicted molar refractivity (Wildman–Crippen MR) is 110 cm³/mol. The number of nitrogens with zero attached hydrogens (tertiary/aromatic N) is 2. The van der Waals surface area contributed by atoms with Gasteiger partial charge < -0.3 is 20.3 Å². The van der Waals surface area contributed by atoms with Gasteiger partial charge in [0.2, 0.25) is 0 Å². The zero-order valence-corrected chi connectivity index (χ0v) is 17.4. The first-order valence-electron chi connectivity index (χ1n) is 8.97. The van der Waals surface area contributed by atoms with E-state index in [1.54, 1.807) is 18.4 Å². The van der Waals surface area contributed by atoms with Gasteiger partial charge in [0, 0.05) is 25.5 Å². The molecular weight excluding hydrogens is 380 g/mol. The number of carbonyl (C=O) groups is 3. The van der Waals surface area contributed by atoms with Crippen molar-refractivity contribution < 1.29 is 19.1 Å². The van der Waals surface area contributed by atoms with E-state index in [9.17, 15) is 14.4 Å². The fourth-order valence-electron chi connectivity index (χ4n) is 2.51. The first-order chi connectivity index (χ1) is 13.4. The van der Waals surface area contributed by atoms with Gasteiger partial charge in [-0.3, -0.25) is 9.59 Å². The molecule has 2 N–H and O–H groups in total. The van der Waals surface area contributed by atoms with E-state index < -0.39 is 11.9 Å². The van der Waals surface area contributed by atoms with E-state index in [-0.39, 0.29) is 11.4 Å². The molecule has 0 aliphatic carbocycles. The summed E-state index contributed by atoms with van der Waals surface area (Å²) in [4.78, 5) is 38.9. The number of amides is 1. The van der Waals surface area contributed by atoms with Crippen molar-refractivity contribution in [2.75, 3.05) is 32.1 Å². The Morgan fingerprint density at radius 2 is 2.00 bits per heavy atom. The van der Waals surface area contributed by atoms with E-state index in [0.29, 0.717) is 5.69 Å². The van der Waals surface area contributed by atoms with Gasteiger partial charge in [-0.25, -0.2) is 9.78 Å². The van der Waals surface area contributed by atoms with Crippen molar-refractivity contribution in [3.05, 3.63) is 35.6 Å². The maximum absolute atomic E-state index is 11.1. The summed E-state index contributed by atoms with van der Waals surface area (Å²) in [6, 6.07) is 0. The SMILES string of the molecule is C=C(NC)C(=O)NC(=C)C(=O)OC.CCC1CCN(c2nc(C=O)cs2)CC1. The summed E-state index contributed by atoms with van der Waals surface area (Å²) in [5, 5.41) is 7.57. The first-order valence-corrected chi connectivity index (χ1v) is 9.85. The molecule has 28 heavy (non-hydrogen) atoms. The standard InChI is InChI=1S/C11H16N2OS.C8H12N2O3/c1-2-9-3-5-13(6-4-9)11-12-10(7-14)8-15-11;1-5(9-3)7(11)10-6(2)8(12)13-4/h7-9H,2-6H2,1H3;9H,1-2H2,3-4H3,(H,10,11). The average molecular weight is 409 g/mol. The maximum Gasteiger partial charge on any atom is 0.353 e. The number of rotatable bonds is 7. The number of methoxy groups -OCH3 is 1. The quantitative estimate of drug-likeness (QED) is 0.405. The average Bonchev–Trinajstić information content (AvgIpc) is 3.22. The van der Waals surface area contributed by atoms with Gasteiger partial charge in [-0.2, -0.15) is 0 Å². The molecule has 2 heterocycles. The Labute approximate surface area is 169 Å². The molecule has 1 amide bonds. The number of thiazole rings is 1. The molecule has 1 fully saturated rings. The van der Waals surface area contributed by atoms with Crippen LogP contribution in [0.1, 0.15) is 36.7 Å². The second-order valence-corrected chi connectivity index (χ2v) is 7.00. The zero-order valence-electron chi connectivity index (χ0n) is 16.6. The largest absolute Gasteiger partial charge is 0.464 e. The monoisotopic (exact) mass is 408 g/mol. The molecule has 1 aliphatic rings. The lowest BCUT2D eigenvalue weighted by Crippen LogP contribution is -2.33. The molecule has 0 aromatic carbocycles. The van der Waals surface area contributed by atoms with Gasteiger partial charge in [0.1, 0.15) is 11.4 Å². The number of ether oxygens (including phenoxy) is 1. The third kappa shape index (κ3) is 7.15. The van der Waals surface area contributed by atoms with Crippen LogP contribution in [0, 0.1) is 5.92 Å². The number of esters is 1. The highest BCUT2D eigenvalue weighted by molar-refractivity contribution is 7.13. The van der Waals surface area contributed by atoms with Gasteiger partial charge in [-0.1, -0.05) is 26.5 Å². The van der Waals surface area contributed by atoms with Crippen LogP contribution in [0.2, 0.25) is 0 Å². The molecule has 0 bridgehead atoms. The third-order valence-corrected chi connectivity index (χ3v) is 5.28. The van der Waals surface area contributed by atoms with Crippen LogP contribution < -0.4 is 15.5 Å². The van der Waals surface area contributed by atoms with Crippen LogP contribution in [-0.4, -0.2) is 50.4 Å². The molecule has 0 radical (unpaired) electrons. The van der Waals surface area contributed by atoms with Gasteiger partial charge >= 0.3 is 5.97 Å². The fourth-order valence-corrected chi connectivity index (χ4v) is 3.33. The number of piperidine rings is 1. The van der Waals surface area contributed by atoms with E-state index >= 15 is 0 Å². The third-order valence-electron chi connectivity index (χ3n) is 4.37. The molecule has 8 nitrogen and oxygen atoms in total. The predicted octanol–water partition coefficient (Wildman–Crippen LogP) is 2.10. The number of aromatic nitrogens is 1. The topological polar surface area (TPSA) is 101 Å². The number of aldehydes is 1. The van der Waals surface area contributed by atoms with Crippen molar-refractivity contribution in [1.82, 2.24) is 15.6 Å². The molecule has 0 unspecified atom stereocenters. The van der Waals surface area contributed by atoms with Crippen LogP contribution in [0.5, 0.6) is 0 Å². The van der Waals surface area contributed by atoms with Crippen LogP contribution in [0.4, 0.5) is 5.13 Å². The number of hydrogen-bond acceptors (Lipinski definition) is 8. The Morgan fingerprint density at radius 1 is 1.36 bits per heavy atom. The van der Waals surface area contributed by atoms with Crippen LogP contribution in [-0.2, 0) is 14.3 Å². The lowest BCUT2D eigenvalue weighted by Gasteiger charge is -2.31. The highest BCUT2D eigenvalue weighted by Gasteiger charge is 2.19. The second-order valence-electron chi connectivity index (χ2n) is 6.16. The lowest BCUT2D eigenvalue weighted by molar-refractivity contribution is -0.137. The Balaban J connectivity index is 0.000000284. The highest BCUT2D eigenvalue weighted by Crippen LogP contribution is 2.26. The normalized spacial score (nSPS) is 13.6. The Kier molecular flexibility index (Phi) is 9.94. The summed E-state index contributed by atoms with van der Waals surface area (Å²) < 4.78 is 4.32. The minimum atomic E-state index is -0.683. The molecule has 0 atom stereocenters. The van der Waals surface area contributed by atoms with Crippen molar-refractivity contribution in [3.63, 3.8) is 0 Å². The molecule has 9 heteroatoms. The molecule has 154 valence electrons. The molecule has 0 saturated carbocycles. The van der Waals surface area contributed by atoms with Crippen molar-refractivity contribution in [1.29, 1.82) is 0 Å². The van der Waals surface area contributed by atoms with Gasteiger partial charge in [-0.05, 0) is 18.8 Å². The summed E-state index contributed by atoms with van der Waals surface area (Å²) >= 11 is 1.57. The highest BCUT2D eigenvalue weighted by atomic mass is 32.1. The van der Waals surface area contributed by atoms with Crippen LogP contribution in [0.3, 0.4) is 0 Å². The Hall–Kier alpha value is -2.68. The molecule has 1 aromatic heterocycles. The van der Waals surface area contributed by atoms with Crippen molar-refractivity contribution in [2.24, 2.45) is 5.92 Å². The first kappa shape index (κ1) is 23.4. The van der Waals surface area contributed by atoms with E-state index in [0.717, 1.165) is 30.4 Å². The lowest BCUT2D eigenvalue weighted by atomic mass is 9.95. The van der Waals surface area contributed by atoms with Gasteiger partial charge in [0.25, 0.3) is 5.91 Å². The molecule has 2 rings (SSSR count). The summed E-state index contributed by atoms with van der Waals surface area (Å²) in [5.74, 6) is -0.318. The van der Waals surface area contributed by atoms with Crippen molar-refractivity contribution in [3.8, 4) is 0 Å².